The molecule has 0 spiro atoms. The van der Waals surface area contributed by atoms with Crippen molar-refractivity contribution in [3.05, 3.63) is 58.6 Å². The second-order valence-electron chi connectivity index (χ2n) is 5.31. The topological polar surface area (TPSA) is 50.7 Å². The van der Waals surface area contributed by atoms with E-state index in [1.807, 2.05) is 42.5 Å². The zero-order valence-electron chi connectivity index (χ0n) is 13.8. The van der Waals surface area contributed by atoms with E-state index in [-0.39, 0.29) is 12.4 Å². The van der Waals surface area contributed by atoms with Gasteiger partial charge in [0.25, 0.3) is 0 Å². The van der Waals surface area contributed by atoms with Gasteiger partial charge < -0.3 is 19.9 Å². The summed E-state index contributed by atoms with van der Waals surface area (Å²) in [5.74, 6) is 1.36. The first-order chi connectivity index (χ1) is 11.1. The number of aliphatic hydroxyl groups excluding tert-OH is 1. The number of aliphatic hydroxyl groups is 1. The molecule has 2 aromatic carbocycles. The van der Waals surface area contributed by atoms with E-state index in [0.717, 1.165) is 11.1 Å². The van der Waals surface area contributed by atoms with Crippen LogP contribution in [0.25, 0.3) is 0 Å². The molecule has 0 aliphatic carbocycles. The van der Waals surface area contributed by atoms with Crippen molar-refractivity contribution in [2.45, 2.75) is 26.2 Å². The van der Waals surface area contributed by atoms with Crippen LogP contribution in [0, 0.1) is 0 Å². The lowest BCUT2D eigenvalue weighted by atomic mass is 10.1. The van der Waals surface area contributed by atoms with Crippen LogP contribution in [0.2, 0.25) is 5.02 Å². The third kappa shape index (κ3) is 5.87. The first kappa shape index (κ1) is 20.6. The maximum atomic E-state index is 9.35. The van der Waals surface area contributed by atoms with Gasteiger partial charge in [0, 0.05) is 29.2 Å². The van der Waals surface area contributed by atoms with Crippen molar-refractivity contribution in [3.63, 3.8) is 0 Å². The molecule has 0 radical (unpaired) electrons. The number of hydrogen-bond acceptors (Lipinski definition) is 4. The third-order valence-electron chi connectivity index (χ3n) is 3.37. The molecule has 0 heterocycles. The van der Waals surface area contributed by atoms with E-state index < -0.39 is 6.10 Å². The summed E-state index contributed by atoms with van der Waals surface area (Å²) < 4.78 is 11.4. The number of para-hydroxylation sites is 1. The molecule has 6 heteroatoms. The van der Waals surface area contributed by atoms with Crippen molar-refractivity contribution in [2.75, 3.05) is 13.7 Å². The van der Waals surface area contributed by atoms with E-state index >= 15 is 0 Å². The molecule has 2 N–H and O–H groups in total. The van der Waals surface area contributed by atoms with E-state index in [1.54, 1.807) is 14.0 Å². The molecule has 0 aromatic heterocycles. The van der Waals surface area contributed by atoms with Crippen molar-refractivity contribution in [1.82, 2.24) is 5.32 Å². The van der Waals surface area contributed by atoms with Gasteiger partial charge in [-0.3, -0.25) is 0 Å². The molecule has 0 aliphatic rings. The van der Waals surface area contributed by atoms with Gasteiger partial charge in [-0.15, -0.1) is 12.4 Å². The summed E-state index contributed by atoms with van der Waals surface area (Å²) in [4.78, 5) is 0. The molecule has 2 aromatic rings. The van der Waals surface area contributed by atoms with Crippen LogP contribution in [-0.2, 0) is 13.2 Å². The molecule has 2 rings (SSSR count). The number of rotatable bonds is 8. The molecule has 0 aliphatic heterocycles. The van der Waals surface area contributed by atoms with Gasteiger partial charge in [-0.2, -0.15) is 0 Å². The molecular weight excluding hydrogens is 349 g/mol. The Bertz CT molecular complexity index is 635. The molecule has 1 atom stereocenters. The summed E-state index contributed by atoms with van der Waals surface area (Å²) in [7, 11) is 1.62. The van der Waals surface area contributed by atoms with E-state index in [9.17, 15) is 5.11 Å². The lowest BCUT2D eigenvalue weighted by Crippen LogP contribution is -2.24. The second-order valence-corrected chi connectivity index (χ2v) is 5.72. The second kappa shape index (κ2) is 10.4. The first-order valence-corrected chi connectivity index (χ1v) is 7.90. The minimum atomic E-state index is -0.395. The average molecular weight is 372 g/mol. The predicted octanol–water partition coefficient (Wildman–Crippen LogP) is 3.82. The maximum absolute atomic E-state index is 9.35. The Morgan fingerprint density at radius 2 is 1.83 bits per heavy atom. The molecule has 0 amide bonds. The predicted molar refractivity (Wildman–Crippen MR) is 99.4 cm³/mol. The van der Waals surface area contributed by atoms with Crippen LogP contribution in [0.15, 0.2) is 42.5 Å². The minimum Gasteiger partial charge on any atom is -0.493 e. The van der Waals surface area contributed by atoms with Crippen molar-refractivity contribution in [3.8, 4) is 11.5 Å². The number of methoxy groups -OCH3 is 1. The van der Waals surface area contributed by atoms with Crippen molar-refractivity contribution in [2.24, 2.45) is 0 Å². The van der Waals surface area contributed by atoms with E-state index in [2.05, 4.69) is 5.32 Å². The average Bonchev–Trinajstić information content (AvgIpc) is 2.54. The summed E-state index contributed by atoms with van der Waals surface area (Å²) in [5, 5.41) is 13.2. The number of ether oxygens (including phenoxy) is 2. The van der Waals surface area contributed by atoms with Gasteiger partial charge in [-0.25, -0.2) is 0 Å². The Balaban J connectivity index is 0.00000288. The lowest BCUT2D eigenvalue weighted by Gasteiger charge is -2.16. The maximum Gasteiger partial charge on any atom is 0.166 e. The zero-order chi connectivity index (χ0) is 16.7. The van der Waals surface area contributed by atoms with Crippen LogP contribution in [-0.4, -0.2) is 24.9 Å². The number of halogens is 2. The van der Waals surface area contributed by atoms with E-state index in [1.165, 1.54) is 0 Å². The van der Waals surface area contributed by atoms with Crippen LogP contribution in [0.1, 0.15) is 18.1 Å². The van der Waals surface area contributed by atoms with Crippen molar-refractivity contribution >= 4 is 24.0 Å². The van der Waals surface area contributed by atoms with Gasteiger partial charge in [0.1, 0.15) is 6.61 Å². The fourth-order valence-electron chi connectivity index (χ4n) is 2.21. The Hall–Kier alpha value is -1.46. The van der Waals surface area contributed by atoms with Crippen molar-refractivity contribution < 1.29 is 14.6 Å². The number of nitrogens with one attached hydrogen (secondary N) is 1. The fourth-order valence-corrected chi connectivity index (χ4v) is 2.40. The molecular formula is C18H23Cl2NO3. The molecule has 0 saturated heterocycles. The quantitative estimate of drug-likeness (QED) is 0.740. The normalized spacial score (nSPS) is 11.5. The van der Waals surface area contributed by atoms with Crippen LogP contribution in [0.5, 0.6) is 11.5 Å². The molecule has 0 saturated carbocycles. The highest BCUT2D eigenvalue weighted by Crippen LogP contribution is 2.32. The van der Waals surface area contributed by atoms with Gasteiger partial charge in [0.15, 0.2) is 11.5 Å². The fraction of sp³-hybridized carbons (Fsp3) is 0.333. The van der Waals surface area contributed by atoms with Crippen LogP contribution >= 0.6 is 24.0 Å². The minimum absolute atomic E-state index is 0. The Kier molecular flexibility index (Phi) is 8.93. The SMILES string of the molecule is COc1cccc(CNCC(C)O)c1OCc1ccccc1Cl.Cl. The zero-order valence-corrected chi connectivity index (χ0v) is 15.4. The lowest BCUT2D eigenvalue weighted by molar-refractivity contribution is 0.190. The highest BCUT2D eigenvalue weighted by Gasteiger charge is 2.12. The molecule has 24 heavy (non-hydrogen) atoms. The summed E-state index contributed by atoms with van der Waals surface area (Å²) >= 11 is 6.17. The summed E-state index contributed by atoms with van der Waals surface area (Å²) in [6, 6.07) is 13.3. The number of hydrogen-bond donors (Lipinski definition) is 2. The van der Waals surface area contributed by atoms with Crippen molar-refractivity contribution in [1.29, 1.82) is 0 Å². The summed E-state index contributed by atoms with van der Waals surface area (Å²) in [5.41, 5.74) is 1.89. The Morgan fingerprint density at radius 3 is 2.50 bits per heavy atom. The molecule has 0 bridgehead atoms. The van der Waals surface area contributed by atoms with Gasteiger partial charge >= 0.3 is 0 Å². The van der Waals surface area contributed by atoms with Gasteiger partial charge in [0.2, 0.25) is 0 Å². The Labute approximate surface area is 154 Å². The van der Waals surface area contributed by atoms with Gasteiger partial charge in [0.05, 0.1) is 13.2 Å². The largest absolute Gasteiger partial charge is 0.493 e. The summed E-state index contributed by atoms with van der Waals surface area (Å²) in [6.45, 7) is 3.21. The smallest absolute Gasteiger partial charge is 0.166 e. The van der Waals surface area contributed by atoms with Gasteiger partial charge in [-0.1, -0.05) is 41.9 Å². The van der Waals surface area contributed by atoms with E-state index in [0.29, 0.717) is 36.2 Å². The monoisotopic (exact) mass is 371 g/mol. The summed E-state index contributed by atoms with van der Waals surface area (Å²) in [6.07, 6.45) is -0.395. The van der Waals surface area contributed by atoms with Crippen LogP contribution in [0.3, 0.4) is 0 Å². The van der Waals surface area contributed by atoms with E-state index in [4.69, 9.17) is 21.1 Å². The van der Waals surface area contributed by atoms with Crippen LogP contribution in [0.4, 0.5) is 0 Å². The Morgan fingerprint density at radius 1 is 1.12 bits per heavy atom. The highest BCUT2D eigenvalue weighted by atomic mass is 35.5. The molecule has 0 fully saturated rings. The first-order valence-electron chi connectivity index (χ1n) is 7.52. The molecule has 4 nitrogen and oxygen atoms in total. The molecule has 132 valence electrons. The van der Waals surface area contributed by atoms with Crippen LogP contribution < -0.4 is 14.8 Å². The highest BCUT2D eigenvalue weighted by molar-refractivity contribution is 6.31. The molecule has 1 unspecified atom stereocenters. The van der Waals surface area contributed by atoms with Gasteiger partial charge in [-0.05, 0) is 19.1 Å². The third-order valence-corrected chi connectivity index (χ3v) is 3.73. The standard InChI is InChI=1S/C18H22ClNO3.ClH/c1-13(21)10-20-11-14-7-5-9-17(22-2)18(14)23-12-15-6-3-4-8-16(15)19;/h3-9,13,20-21H,10-12H2,1-2H3;1H. The number of benzene rings is 2.